The van der Waals surface area contributed by atoms with Crippen molar-refractivity contribution < 1.29 is 48.3 Å². The molecule has 3 fully saturated rings. The zero-order valence-corrected chi connectivity index (χ0v) is 31.1. The van der Waals surface area contributed by atoms with Gasteiger partial charge in [-0.2, -0.15) is 0 Å². The number of esters is 1. The third kappa shape index (κ3) is 10.1. The molecule has 11 nitrogen and oxygen atoms in total. The molecule has 0 unspecified atom stereocenters. The monoisotopic (exact) mass is 703 g/mol. The number of amides is 1. The Kier molecular flexibility index (Phi) is 14.8. The zero-order valence-electron chi connectivity index (χ0n) is 31.1. The van der Waals surface area contributed by atoms with Gasteiger partial charge >= 0.3 is 5.97 Å². The summed E-state index contributed by atoms with van der Waals surface area (Å²) in [5.74, 6) is -5.30. The lowest BCUT2D eigenvalue weighted by atomic mass is 9.79. The SMILES string of the molecule is CO[C@H]1C[C@@H](C)[C@@]2(O)O[C@@H]1CCCC/C(C)=C/CC(=O)C[C@H](O)C[C@@H](/C(C)=C/[C@@H]1CC[C@H](C)[C@H](OC)C1)OC(=O)[C@@H]1CCCCN1C(=O)C2=O. The van der Waals surface area contributed by atoms with Crippen LogP contribution in [0.5, 0.6) is 0 Å². The number of ketones is 2. The first kappa shape index (κ1) is 40.3. The molecule has 3 aliphatic heterocycles. The van der Waals surface area contributed by atoms with Crippen molar-refractivity contribution in [1.29, 1.82) is 0 Å². The van der Waals surface area contributed by atoms with Crippen LogP contribution in [-0.4, -0.2) is 102 Å². The van der Waals surface area contributed by atoms with Crippen LogP contribution in [0.15, 0.2) is 23.3 Å². The van der Waals surface area contributed by atoms with Crippen LogP contribution < -0.4 is 0 Å². The molecule has 10 atom stereocenters. The van der Waals surface area contributed by atoms with Crippen molar-refractivity contribution in [3.05, 3.63) is 23.3 Å². The van der Waals surface area contributed by atoms with Crippen LogP contribution in [0.3, 0.4) is 0 Å². The highest BCUT2D eigenvalue weighted by molar-refractivity contribution is 6.39. The van der Waals surface area contributed by atoms with E-state index in [0.717, 1.165) is 49.7 Å². The predicted molar refractivity (Wildman–Crippen MR) is 187 cm³/mol. The maximum atomic E-state index is 14.0. The first-order valence-electron chi connectivity index (χ1n) is 18.8. The van der Waals surface area contributed by atoms with E-state index in [0.29, 0.717) is 38.0 Å². The highest BCUT2D eigenvalue weighted by atomic mass is 16.7. The molecular weight excluding hydrogens is 642 g/mol. The molecular formula is C39H61NO10. The smallest absolute Gasteiger partial charge is 0.329 e. The van der Waals surface area contributed by atoms with Crippen molar-refractivity contribution in [2.24, 2.45) is 17.8 Å². The average Bonchev–Trinajstić information content (AvgIpc) is 3.09. The number of cyclic esters (lactones) is 1. The molecule has 3 heterocycles. The molecule has 282 valence electrons. The van der Waals surface area contributed by atoms with Gasteiger partial charge in [0.1, 0.15) is 17.9 Å². The topological polar surface area (TPSA) is 149 Å². The molecule has 2 saturated heterocycles. The van der Waals surface area contributed by atoms with Gasteiger partial charge < -0.3 is 34.1 Å². The summed E-state index contributed by atoms with van der Waals surface area (Å²) in [5, 5.41) is 22.8. The largest absolute Gasteiger partial charge is 0.456 e. The molecule has 0 aromatic rings. The Balaban J connectivity index is 1.64. The minimum Gasteiger partial charge on any atom is -0.456 e. The molecule has 2 bridgehead atoms. The van der Waals surface area contributed by atoms with Gasteiger partial charge in [-0.15, -0.1) is 0 Å². The number of nitrogens with zero attached hydrogens (tertiary/aromatic N) is 1. The van der Waals surface area contributed by atoms with Gasteiger partial charge in [0.05, 0.1) is 24.4 Å². The molecule has 0 aromatic carbocycles. The van der Waals surface area contributed by atoms with Crippen molar-refractivity contribution >= 4 is 23.4 Å². The number of allylic oxidation sites excluding steroid dienone is 3. The maximum absolute atomic E-state index is 14.0. The van der Waals surface area contributed by atoms with Crippen molar-refractivity contribution in [2.75, 3.05) is 20.8 Å². The van der Waals surface area contributed by atoms with Crippen LogP contribution >= 0.6 is 0 Å². The Labute approximate surface area is 298 Å². The van der Waals surface area contributed by atoms with E-state index in [1.165, 1.54) is 4.90 Å². The Hall–Kier alpha value is -2.44. The third-order valence-electron chi connectivity index (χ3n) is 11.5. The number of rotatable bonds is 4. The van der Waals surface area contributed by atoms with E-state index in [2.05, 4.69) is 13.0 Å². The maximum Gasteiger partial charge on any atom is 0.329 e. The average molecular weight is 704 g/mol. The molecule has 0 spiro atoms. The van der Waals surface area contributed by atoms with Gasteiger partial charge in [-0.1, -0.05) is 38.0 Å². The van der Waals surface area contributed by atoms with Gasteiger partial charge in [0.2, 0.25) is 5.79 Å². The number of carbonyl (C=O) groups is 4. The Morgan fingerprint density at radius 1 is 0.960 bits per heavy atom. The molecule has 11 heteroatoms. The standard InChI is InChI=1S/C39H61NO10/c1-24-11-7-8-13-32-35(48-6)20-27(4)39(46,50-32)36(43)37(44)40-18-10-9-12-31(40)38(45)49-34(23-30(42)22-29(41)17-14-24)26(3)19-28-16-15-25(2)33(21-28)47-5/h14,19,25,27-28,30-35,42,46H,7-13,15-18,20-23H2,1-6H3/b24-14+,26-19+/t25-,27+,28-,30-,31-,32+,33+,34-,35-,39+/m0/s1. The third-order valence-corrected chi connectivity index (χ3v) is 11.5. The van der Waals surface area contributed by atoms with E-state index in [4.69, 9.17) is 18.9 Å². The second-order valence-electron chi connectivity index (χ2n) is 15.4. The molecule has 1 aliphatic carbocycles. The van der Waals surface area contributed by atoms with Crippen molar-refractivity contribution in [3.63, 3.8) is 0 Å². The number of aliphatic hydroxyl groups is 2. The number of hydrogen-bond donors (Lipinski definition) is 2. The van der Waals surface area contributed by atoms with Gasteiger partial charge in [-0.3, -0.25) is 14.4 Å². The predicted octanol–water partition coefficient (Wildman–Crippen LogP) is 5.00. The lowest BCUT2D eigenvalue weighted by molar-refractivity contribution is -0.286. The number of Topliss-reactive ketones (excluding diaryl/α,β-unsaturated/α-hetero) is 2. The summed E-state index contributed by atoms with van der Waals surface area (Å²) >= 11 is 0. The number of aliphatic hydroxyl groups excluding tert-OH is 1. The Morgan fingerprint density at radius 2 is 1.68 bits per heavy atom. The van der Waals surface area contributed by atoms with Crippen LogP contribution in [0.4, 0.5) is 0 Å². The molecule has 0 aromatic heterocycles. The second kappa shape index (κ2) is 18.4. The lowest BCUT2D eigenvalue weighted by Gasteiger charge is -2.45. The number of ether oxygens (including phenoxy) is 4. The summed E-state index contributed by atoms with van der Waals surface area (Å²) in [7, 11) is 3.29. The van der Waals surface area contributed by atoms with E-state index >= 15 is 0 Å². The normalized spacial score (nSPS) is 39.1. The Morgan fingerprint density at radius 3 is 2.40 bits per heavy atom. The van der Waals surface area contributed by atoms with Gasteiger partial charge in [-0.25, -0.2) is 4.79 Å². The van der Waals surface area contributed by atoms with E-state index in [1.807, 2.05) is 19.9 Å². The minimum absolute atomic E-state index is 0.0199. The van der Waals surface area contributed by atoms with Gasteiger partial charge in [0.25, 0.3) is 11.7 Å². The van der Waals surface area contributed by atoms with E-state index in [-0.39, 0.29) is 49.7 Å². The molecule has 2 N–H and O–H groups in total. The number of hydrogen-bond acceptors (Lipinski definition) is 10. The number of methoxy groups -OCH3 is 2. The van der Waals surface area contributed by atoms with E-state index in [9.17, 15) is 29.4 Å². The summed E-state index contributed by atoms with van der Waals surface area (Å²) in [5.41, 5.74) is 1.81. The highest BCUT2D eigenvalue weighted by Crippen LogP contribution is 2.38. The fourth-order valence-corrected chi connectivity index (χ4v) is 8.19. The first-order chi connectivity index (χ1) is 23.8. The number of carbonyl (C=O) groups excluding carboxylic acids is 4. The number of piperidine rings is 1. The van der Waals surface area contributed by atoms with E-state index < -0.39 is 53.7 Å². The van der Waals surface area contributed by atoms with Gasteiger partial charge in [-0.05, 0) is 95.5 Å². The fraction of sp³-hybridized carbons (Fsp3) is 0.795. The van der Waals surface area contributed by atoms with Crippen molar-refractivity contribution in [1.82, 2.24) is 4.90 Å². The zero-order chi connectivity index (χ0) is 36.6. The summed E-state index contributed by atoms with van der Waals surface area (Å²) in [6.07, 6.45) is 8.78. The van der Waals surface area contributed by atoms with Crippen LogP contribution in [0.25, 0.3) is 0 Å². The quantitative estimate of drug-likeness (QED) is 0.233. The summed E-state index contributed by atoms with van der Waals surface area (Å²) in [6, 6.07) is -1.05. The second-order valence-corrected chi connectivity index (χ2v) is 15.4. The van der Waals surface area contributed by atoms with Crippen LogP contribution in [-0.2, 0) is 38.1 Å². The van der Waals surface area contributed by atoms with Crippen LogP contribution in [0.1, 0.15) is 118 Å². The summed E-state index contributed by atoms with van der Waals surface area (Å²) < 4.78 is 23.6. The molecule has 1 amide bonds. The van der Waals surface area contributed by atoms with E-state index in [1.54, 1.807) is 21.1 Å². The van der Waals surface area contributed by atoms with Crippen LogP contribution in [0.2, 0.25) is 0 Å². The van der Waals surface area contributed by atoms with Crippen LogP contribution in [0, 0.1) is 17.8 Å². The lowest BCUT2D eigenvalue weighted by Crippen LogP contribution is -2.62. The van der Waals surface area contributed by atoms with Gasteiger partial charge in [0.15, 0.2) is 0 Å². The van der Waals surface area contributed by atoms with Crippen molar-refractivity contribution in [2.45, 2.75) is 160 Å². The first-order valence-corrected chi connectivity index (χ1v) is 18.8. The van der Waals surface area contributed by atoms with Gasteiger partial charge in [0, 0.05) is 45.9 Å². The highest BCUT2D eigenvalue weighted by Gasteiger charge is 2.55. The molecule has 50 heavy (non-hydrogen) atoms. The Bertz CT molecular complexity index is 1260. The minimum atomic E-state index is -2.36. The summed E-state index contributed by atoms with van der Waals surface area (Å²) in [4.78, 5) is 55.9. The summed E-state index contributed by atoms with van der Waals surface area (Å²) in [6.45, 7) is 7.84. The fourth-order valence-electron chi connectivity index (χ4n) is 8.19. The molecule has 4 aliphatic rings. The molecule has 4 rings (SSSR count). The molecule has 1 saturated carbocycles. The van der Waals surface area contributed by atoms with Crippen molar-refractivity contribution in [3.8, 4) is 0 Å². The molecule has 0 radical (unpaired) electrons. The number of fused-ring (bicyclic) bond motifs is 3.